The summed E-state index contributed by atoms with van der Waals surface area (Å²) in [5.74, 6) is -0.119. The van der Waals surface area contributed by atoms with Gasteiger partial charge in [-0.05, 0) is 74.6 Å². The molecule has 2 aromatic heterocycles. The van der Waals surface area contributed by atoms with Gasteiger partial charge in [0, 0.05) is 34.8 Å². The number of rotatable bonds is 7. The molecule has 3 N–H and O–H groups in total. The van der Waals surface area contributed by atoms with Gasteiger partial charge in [0.15, 0.2) is 0 Å². The van der Waals surface area contributed by atoms with E-state index in [1.165, 1.54) is 0 Å². The van der Waals surface area contributed by atoms with E-state index in [9.17, 15) is 13.2 Å². The van der Waals surface area contributed by atoms with Gasteiger partial charge in [0.1, 0.15) is 0 Å². The summed E-state index contributed by atoms with van der Waals surface area (Å²) in [6, 6.07) is 22.3. The van der Waals surface area contributed by atoms with Gasteiger partial charge < -0.3 is 10.3 Å². The van der Waals surface area contributed by atoms with E-state index in [4.69, 9.17) is 0 Å². The first-order valence-corrected chi connectivity index (χ1v) is 13.8. The Hall–Kier alpha value is -3.49. The molecule has 1 aliphatic rings. The van der Waals surface area contributed by atoms with Crippen LogP contribution in [0.25, 0.3) is 22.2 Å². The van der Waals surface area contributed by atoms with E-state index in [1.54, 1.807) is 24.4 Å². The first-order chi connectivity index (χ1) is 17.4. The predicted molar refractivity (Wildman–Crippen MR) is 141 cm³/mol. The van der Waals surface area contributed by atoms with Gasteiger partial charge >= 0.3 is 0 Å². The monoisotopic (exact) mass is 502 g/mol. The molecule has 0 bridgehead atoms. The first kappa shape index (κ1) is 24.2. The lowest BCUT2D eigenvalue weighted by atomic mass is 9.86. The van der Waals surface area contributed by atoms with Crippen molar-refractivity contribution in [2.45, 2.75) is 49.6 Å². The molecule has 1 saturated carbocycles. The van der Waals surface area contributed by atoms with Crippen molar-refractivity contribution < 1.29 is 13.2 Å². The zero-order valence-corrected chi connectivity index (χ0v) is 21.0. The summed E-state index contributed by atoms with van der Waals surface area (Å²) >= 11 is 0. The molecule has 1 atom stereocenters. The van der Waals surface area contributed by atoms with Gasteiger partial charge in [-0.2, -0.15) is 0 Å². The zero-order valence-electron chi connectivity index (χ0n) is 20.1. The maximum absolute atomic E-state index is 13.1. The molecule has 8 heteroatoms. The highest BCUT2D eigenvalue weighted by molar-refractivity contribution is 7.89. The van der Waals surface area contributed by atoms with Crippen molar-refractivity contribution in [2.24, 2.45) is 5.92 Å². The van der Waals surface area contributed by atoms with E-state index >= 15 is 0 Å². The average Bonchev–Trinajstić information content (AvgIpc) is 3.33. The van der Waals surface area contributed by atoms with Gasteiger partial charge in [-0.3, -0.25) is 9.78 Å². The molecule has 1 amide bonds. The Kier molecular flexibility index (Phi) is 6.89. The Bertz CT molecular complexity index is 1440. The Morgan fingerprint density at radius 2 is 1.72 bits per heavy atom. The third-order valence-electron chi connectivity index (χ3n) is 6.90. The lowest BCUT2D eigenvalue weighted by Crippen LogP contribution is -2.41. The number of aromatic amines is 1. The fourth-order valence-electron chi connectivity index (χ4n) is 4.85. The van der Waals surface area contributed by atoms with E-state index < -0.39 is 10.0 Å². The molecule has 1 aliphatic carbocycles. The van der Waals surface area contributed by atoms with Crippen molar-refractivity contribution in [1.82, 2.24) is 20.0 Å². The molecule has 4 aromatic rings. The van der Waals surface area contributed by atoms with Crippen LogP contribution in [0.2, 0.25) is 0 Å². The molecular weight excluding hydrogens is 472 g/mol. The van der Waals surface area contributed by atoms with Crippen molar-refractivity contribution in [1.29, 1.82) is 0 Å². The van der Waals surface area contributed by atoms with Crippen molar-refractivity contribution >= 4 is 26.8 Å². The van der Waals surface area contributed by atoms with Crippen LogP contribution in [0, 0.1) is 5.92 Å². The number of aromatic nitrogens is 2. The Morgan fingerprint density at radius 1 is 0.972 bits per heavy atom. The zero-order chi connectivity index (χ0) is 25.1. The van der Waals surface area contributed by atoms with Crippen molar-refractivity contribution in [3.8, 4) is 11.3 Å². The van der Waals surface area contributed by atoms with E-state index in [1.807, 2.05) is 61.5 Å². The van der Waals surface area contributed by atoms with Gasteiger partial charge in [-0.25, -0.2) is 13.1 Å². The number of sulfonamides is 1. The molecule has 36 heavy (non-hydrogen) atoms. The summed E-state index contributed by atoms with van der Waals surface area (Å²) in [5.41, 5.74) is 3.70. The van der Waals surface area contributed by atoms with E-state index in [0.717, 1.165) is 27.9 Å². The number of carbonyl (C=O) groups is 1. The third-order valence-corrected chi connectivity index (χ3v) is 8.42. The van der Waals surface area contributed by atoms with Gasteiger partial charge in [0.25, 0.3) is 0 Å². The van der Waals surface area contributed by atoms with Gasteiger partial charge in [0.05, 0.1) is 16.6 Å². The normalized spacial score (nSPS) is 19.1. The summed E-state index contributed by atoms with van der Waals surface area (Å²) in [7, 11) is -3.67. The summed E-state index contributed by atoms with van der Waals surface area (Å²) in [4.78, 5) is 20.6. The van der Waals surface area contributed by atoms with Crippen LogP contribution < -0.4 is 10.0 Å². The summed E-state index contributed by atoms with van der Waals surface area (Å²) in [5, 5.41) is 3.89. The minimum Gasteiger partial charge on any atom is -0.355 e. The maximum atomic E-state index is 13.1. The Labute approximate surface area is 211 Å². The lowest BCUT2D eigenvalue weighted by molar-refractivity contribution is -0.126. The number of fused-ring (bicyclic) bond motifs is 1. The van der Waals surface area contributed by atoms with Crippen LogP contribution in [-0.4, -0.2) is 30.3 Å². The molecule has 0 saturated heterocycles. The molecule has 7 nitrogen and oxygen atoms in total. The van der Waals surface area contributed by atoms with Gasteiger partial charge in [0.2, 0.25) is 15.9 Å². The fraction of sp³-hybridized carbons (Fsp3) is 0.286. The number of hydrogen-bond donors (Lipinski definition) is 3. The lowest BCUT2D eigenvalue weighted by Gasteiger charge is -2.29. The van der Waals surface area contributed by atoms with Crippen molar-refractivity contribution in [3.05, 3.63) is 84.7 Å². The molecule has 5 rings (SSSR count). The van der Waals surface area contributed by atoms with Crippen LogP contribution in [0.3, 0.4) is 0 Å². The van der Waals surface area contributed by atoms with Crippen molar-refractivity contribution in [3.63, 3.8) is 0 Å². The smallest absolute Gasteiger partial charge is 0.240 e. The van der Waals surface area contributed by atoms with Crippen LogP contribution in [-0.2, 0) is 14.8 Å². The number of carbonyl (C=O) groups excluding carboxylic acids is 1. The van der Waals surface area contributed by atoms with Crippen LogP contribution >= 0.6 is 0 Å². The molecule has 1 fully saturated rings. The highest BCUT2D eigenvalue weighted by Crippen LogP contribution is 2.29. The molecule has 0 aliphatic heterocycles. The number of amides is 1. The second kappa shape index (κ2) is 10.2. The fourth-order valence-corrected chi connectivity index (χ4v) is 6.19. The number of pyridine rings is 1. The molecule has 0 spiro atoms. The second-order valence-electron chi connectivity index (χ2n) is 9.45. The standard InChI is InChI=1S/C28H30N4O3S/c1-19(25-9-5-6-16-29-25)30-28(33)21-10-12-23(13-11-21)32-36(34,35)24-14-15-26-22(17-24)18-27(31-26)20-7-3-2-4-8-20/h2-9,14-19,21,23,31-32H,10-13H2,1H3,(H,30,33)/t19-,21?,23?/m1/s1. The number of nitrogens with one attached hydrogen (secondary N) is 3. The van der Waals surface area contributed by atoms with Gasteiger partial charge in [-0.1, -0.05) is 36.4 Å². The van der Waals surface area contributed by atoms with E-state index in [-0.39, 0.29) is 28.8 Å². The number of benzene rings is 2. The summed E-state index contributed by atoms with van der Waals surface area (Å²) in [6.45, 7) is 1.92. The number of nitrogens with zero attached hydrogens (tertiary/aromatic N) is 1. The van der Waals surface area contributed by atoms with Gasteiger partial charge in [-0.15, -0.1) is 0 Å². The quantitative estimate of drug-likeness (QED) is 0.333. The summed E-state index contributed by atoms with van der Waals surface area (Å²) < 4.78 is 29.1. The van der Waals surface area contributed by atoms with Crippen molar-refractivity contribution in [2.75, 3.05) is 0 Å². The van der Waals surface area contributed by atoms with Crippen LogP contribution in [0.4, 0.5) is 0 Å². The van der Waals surface area contributed by atoms with E-state index in [0.29, 0.717) is 25.7 Å². The van der Waals surface area contributed by atoms with Crippen LogP contribution in [0.1, 0.15) is 44.3 Å². The topological polar surface area (TPSA) is 104 Å². The molecule has 0 radical (unpaired) electrons. The largest absolute Gasteiger partial charge is 0.355 e. The molecular formula is C28H30N4O3S. The molecule has 2 heterocycles. The second-order valence-corrected chi connectivity index (χ2v) is 11.2. The Balaban J connectivity index is 1.20. The highest BCUT2D eigenvalue weighted by Gasteiger charge is 2.30. The highest BCUT2D eigenvalue weighted by atomic mass is 32.2. The SMILES string of the molecule is C[C@@H](NC(=O)C1CCC(NS(=O)(=O)c2ccc3[nH]c(-c4ccccc4)cc3c2)CC1)c1ccccn1. The minimum atomic E-state index is -3.67. The number of hydrogen-bond acceptors (Lipinski definition) is 4. The number of H-pyrrole nitrogens is 1. The summed E-state index contributed by atoms with van der Waals surface area (Å²) in [6.07, 6.45) is 4.25. The molecule has 0 unspecified atom stereocenters. The van der Waals surface area contributed by atoms with Crippen LogP contribution in [0.5, 0.6) is 0 Å². The van der Waals surface area contributed by atoms with E-state index in [2.05, 4.69) is 20.0 Å². The average molecular weight is 503 g/mol. The maximum Gasteiger partial charge on any atom is 0.240 e. The molecule has 186 valence electrons. The predicted octanol–water partition coefficient (Wildman–Crippen LogP) is 4.94. The minimum absolute atomic E-state index is 0.00147. The third kappa shape index (κ3) is 5.34. The molecule has 2 aromatic carbocycles. The van der Waals surface area contributed by atoms with Crippen LogP contribution in [0.15, 0.2) is 83.9 Å². The first-order valence-electron chi connectivity index (χ1n) is 12.3. The Morgan fingerprint density at radius 3 is 2.44 bits per heavy atom.